The van der Waals surface area contributed by atoms with Gasteiger partial charge in [-0.1, -0.05) is 70.6 Å². The highest BCUT2D eigenvalue weighted by Crippen LogP contribution is 2.11. The van der Waals surface area contributed by atoms with Crippen molar-refractivity contribution in [2.24, 2.45) is 0 Å². The molecule has 3 N–H and O–H groups in total. The number of hydrogen-bond acceptors (Lipinski definition) is 8. The molecule has 0 aliphatic heterocycles. The van der Waals surface area contributed by atoms with Crippen LogP contribution >= 0.6 is 0 Å². The van der Waals surface area contributed by atoms with Crippen LogP contribution in [0.15, 0.2) is 0 Å². The van der Waals surface area contributed by atoms with E-state index in [-0.39, 0.29) is 24.1 Å². The SMILES string of the molecule is CC(=O)CCCCCCCNOC(=O)CCCCCCCCCC(=O)ONCCCCCCCC(=O)O. The van der Waals surface area contributed by atoms with Crippen molar-refractivity contribution in [1.29, 1.82) is 0 Å². The van der Waals surface area contributed by atoms with Crippen molar-refractivity contribution in [3.05, 3.63) is 0 Å². The Kier molecular flexibility index (Phi) is 25.6. The predicted molar refractivity (Wildman–Crippen MR) is 143 cm³/mol. The standard InChI is InChI=1S/C28H52N2O7/c1-25(31)19-13-7-5-11-17-23-29-36-27(34)21-15-9-3-2-4-10-16-22-28(35)37-30-24-18-12-6-8-14-20-26(32)33/h29-30H,2-24H2,1H3,(H,32,33). The van der Waals surface area contributed by atoms with Crippen LogP contribution in [0.5, 0.6) is 0 Å². The monoisotopic (exact) mass is 528 g/mol. The van der Waals surface area contributed by atoms with Gasteiger partial charge >= 0.3 is 17.9 Å². The number of rotatable bonds is 28. The van der Waals surface area contributed by atoms with Crippen LogP contribution in [0, 0.1) is 0 Å². The average Bonchev–Trinajstić information content (AvgIpc) is 2.85. The summed E-state index contributed by atoms with van der Waals surface area (Å²) in [5.41, 5.74) is 5.46. The van der Waals surface area contributed by atoms with Gasteiger partial charge in [0.25, 0.3) is 0 Å². The molecule has 0 spiro atoms. The molecule has 37 heavy (non-hydrogen) atoms. The maximum atomic E-state index is 11.7. The lowest BCUT2D eigenvalue weighted by molar-refractivity contribution is -0.152. The van der Waals surface area contributed by atoms with Gasteiger partial charge in [0.2, 0.25) is 0 Å². The van der Waals surface area contributed by atoms with E-state index in [9.17, 15) is 19.2 Å². The number of carbonyl (C=O) groups excluding carboxylic acids is 3. The molecule has 0 aromatic heterocycles. The molecule has 0 aromatic rings. The van der Waals surface area contributed by atoms with Crippen LogP contribution in [-0.2, 0) is 28.9 Å². The highest BCUT2D eigenvalue weighted by Gasteiger charge is 2.04. The first-order valence-corrected chi connectivity index (χ1v) is 14.5. The topological polar surface area (TPSA) is 131 Å². The molecule has 0 saturated carbocycles. The summed E-state index contributed by atoms with van der Waals surface area (Å²) in [5, 5.41) is 8.57. The molecule has 0 aliphatic carbocycles. The Morgan fingerprint density at radius 3 is 1.19 bits per heavy atom. The zero-order valence-electron chi connectivity index (χ0n) is 23.2. The van der Waals surface area contributed by atoms with Crippen molar-refractivity contribution in [1.82, 2.24) is 11.0 Å². The van der Waals surface area contributed by atoms with E-state index in [4.69, 9.17) is 14.8 Å². The van der Waals surface area contributed by atoms with Crippen LogP contribution in [0.1, 0.15) is 142 Å². The van der Waals surface area contributed by atoms with Gasteiger partial charge in [0, 0.05) is 38.8 Å². The quantitative estimate of drug-likeness (QED) is 0.0832. The number of hydroxylamine groups is 2. The number of aliphatic carboxylic acids is 1. The van der Waals surface area contributed by atoms with E-state index in [0.717, 1.165) is 109 Å². The summed E-state index contributed by atoms with van der Waals surface area (Å²) in [6, 6.07) is 0. The van der Waals surface area contributed by atoms with E-state index in [2.05, 4.69) is 11.0 Å². The van der Waals surface area contributed by atoms with E-state index >= 15 is 0 Å². The first-order valence-electron chi connectivity index (χ1n) is 14.5. The number of ketones is 1. The molecule has 0 atom stereocenters. The van der Waals surface area contributed by atoms with Crippen LogP contribution in [-0.4, -0.2) is 41.9 Å². The number of Topliss-reactive ketones (excluding diaryl/α,β-unsaturated/α-hetero) is 1. The Bertz CT molecular complexity index is 549. The molecule has 0 aliphatic rings. The lowest BCUT2D eigenvalue weighted by Gasteiger charge is -2.06. The van der Waals surface area contributed by atoms with E-state index in [1.165, 1.54) is 0 Å². The summed E-state index contributed by atoms with van der Waals surface area (Å²) < 4.78 is 0. The summed E-state index contributed by atoms with van der Waals surface area (Å²) in [7, 11) is 0. The molecule has 9 heteroatoms. The van der Waals surface area contributed by atoms with Crippen LogP contribution in [0.4, 0.5) is 0 Å². The van der Waals surface area contributed by atoms with Crippen molar-refractivity contribution in [2.75, 3.05) is 13.1 Å². The van der Waals surface area contributed by atoms with Gasteiger partial charge in [0.1, 0.15) is 5.78 Å². The summed E-state index contributed by atoms with van der Waals surface area (Å²) in [6.07, 6.45) is 18.4. The van der Waals surface area contributed by atoms with E-state index in [0.29, 0.717) is 32.4 Å². The van der Waals surface area contributed by atoms with Gasteiger partial charge in [-0.15, -0.1) is 0 Å². The van der Waals surface area contributed by atoms with E-state index in [1.807, 2.05) is 0 Å². The fourth-order valence-electron chi connectivity index (χ4n) is 3.89. The van der Waals surface area contributed by atoms with Gasteiger partial charge in [-0.3, -0.25) is 14.4 Å². The number of carboxylic acid groups (broad SMARTS) is 1. The van der Waals surface area contributed by atoms with Gasteiger partial charge in [0.15, 0.2) is 0 Å². The minimum atomic E-state index is -0.742. The Hall–Kier alpha value is -2.00. The summed E-state index contributed by atoms with van der Waals surface area (Å²) in [4.78, 5) is 54.8. The van der Waals surface area contributed by atoms with Gasteiger partial charge in [0.05, 0.1) is 0 Å². The lowest BCUT2D eigenvalue weighted by atomic mass is 10.1. The van der Waals surface area contributed by atoms with Gasteiger partial charge in [-0.2, -0.15) is 11.0 Å². The van der Waals surface area contributed by atoms with Crippen LogP contribution < -0.4 is 11.0 Å². The van der Waals surface area contributed by atoms with Crippen LogP contribution in [0.3, 0.4) is 0 Å². The Morgan fingerprint density at radius 1 is 0.486 bits per heavy atom. The van der Waals surface area contributed by atoms with E-state index in [1.54, 1.807) is 6.92 Å². The zero-order valence-corrected chi connectivity index (χ0v) is 23.2. The smallest absolute Gasteiger partial charge is 0.324 e. The maximum absolute atomic E-state index is 11.7. The second-order valence-electron chi connectivity index (χ2n) is 9.84. The van der Waals surface area contributed by atoms with Crippen molar-refractivity contribution in [3.63, 3.8) is 0 Å². The fourth-order valence-corrected chi connectivity index (χ4v) is 3.89. The molecule has 0 aromatic carbocycles. The fraction of sp³-hybridized carbons (Fsp3) is 0.857. The second-order valence-corrected chi connectivity index (χ2v) is 9.84. The predicted octanol–water partition coefficient (Wildman–Crippen LogP) is 5.95. The molecule has 0 radical (unpaired) electrons. The van der Waals surface area contributed by atoms with Crippen LogP contribution in [0.25, 0.3) is 0 Å². The van der Waals surface area contributed by atoms with Gasteiger partial charge in [-0.25, -0.2) is 0 Å². The summed E-state index contributed by atoms with van der Waals surface area (Å²) in [5.74, 6) is -0.915. The van der Waals surface area contributed by atoms with Crippen LogP contribution in [0.2, 0.25) is 0 Å². The third-order valence-corrected chi connectivity index (χ3v) is 6.11. The third-order valence-electron chi connectivity index (χ3n) is 6.11. The molecule has 0 bridgehead atoms. The maximum Gasteiger partial charge on any atom is 0.324 e. The molecule has 0 heterocycles. The van der Waals surface area contributed by atoms with Crippen molar-refractivity contribution in [3.8, 4) is 0 Å². The Labute approximate surface area is 223 Å². The normalized spacial score (nSPS) is 10.8. The summed E-state index contributed by atoms with van der Waals surface area (Å²) in [6.45, 7) is 2.92. The first-order chi connectivity index (χ1) is 17.9. The molecular weight excluding hydrogens is 476 g/mol. The number of unbranched alkanes of at least 4 members (excludes halogenated alkanes) is 14. The highest BCUT2D eigenvalue weighted by atomic mass is 16.7. The third kappa shape index (κ3) is 30.1. The second kappa shape index (κ2) is 27.0. The van der Waals surface area contributed by atoms with Gasteiger partial charge < -0.3 is 19.6 Å². The lowest BCUT2D eigenvalue weighted by Crippen LogP contribution is -2.20. The largest absolute Gasteiger partial charge is 0.481 e. The average molecular weight is 529 g/mol. The van der Waals surface area contributed by atoms with Gasteiger partial charge in [-0.05, 0) is 45.4 Å². The van der Waals surface area contributed by atoms with E-state index < -0.39 is 5.97 Å². The molecule has 0 fully saturated rings. The van der Waals surface area contributed by atoms with Crippen molar-refractivity contribution < 1.29 is 34.0 Å². The molecule has 216 valence electrons. The summed E-state index contributed by atoms with van der Waals surface area (Å²) >= 11 is 0. The molecule has 0 unspecified atom stereocenters. The number of carboxylic acids is 1. The number of carbonyl (C=O) groups is 4. The molecule has 0 rings (SSSR count). The van der Waals surface area contributed by atoms with Crippen molar-refractivity contribution >= 4 is 23.7 Å². The molecule has 0 saturated heterocycles. The zero-order chi connectivity index (χ0) is 27.4. The molecule has 9 nitrogen and oxygen atoms in total. The molecule has 0 amide bonds. The molecular formula is C28H52N2O7. The van der Waals surface area contributed by atoms with Crippen molar-refractivity contribution in [2.45, 2.75) is 142 Å². The minimum Gasteiger partial charge on any atom is -0.481 e. The number of hydrogen-bond donors (Lipinski definition) is 3. The highest BCUT2D eigenvalue weighted by molar-refractivity contribution is 5.75. The minimum absolute atomic E-state index is 0.204. The first kappa shape index (κ1) is 35.0. The Balaban J connectivity index is 3.28. The number of nitrogens with one attached hydrogen (secondary N) is 2. The Morgan fingerprint density at radius 2 is 0.811 bits per heavy atom.